The van der Waals surface area contributed by atoms with Gasteiger partial charge in [0, 0.05) is 19.3 Å². The minimum atomic E-state index is -0.807. The number of esters is 3. The van der Waals surface area contributed by atoms with Crippen LogP contribution in [0.3, 0.4) is 0 Å². The fourth-order valence-electron chi connectivity index (χ4n) is 7.58. The average molecular weight is 933 g/mol. The Labute approximate surface area is 414 Å². The monoisotopic (exact) mass is 933 g/mol. The molecule has 67 heavy (non-hydrogen) atoms. The molecule has 0 bridgehead atoms. The molecular weight excluding hydrogens is 829 g/mol. The average Bonchev–Trinajstić information content (AvgIpc) is 3.33. The lowest BCUT2D eigenvalue weighted by molar-refractivity contribution is -0.167. The van der Waals surface area contributed by atoms with Crippen LogP contribution in [-0.4, -0.2) is 37.2 Å². The molecule has 0 aromatic carbocycles. The van der Waals surface area contributed by atoms with Crippen LogP contribution in [0.4, 0.5) is 0 Å². The summed E-state index contributed by atoms with van der Waals surface area (Å²) >= 11 is 0. The zero-order valence-corrected chi connectivity index (χ0v) is 43.9. The van der Waals surface area contributed by atoms with Gasteiger partial charge in [0.15, 0.2) is 6.10 Å². The molecule has 0 unspecified atom stereocenters. The lowest BCUT2D eigenvalue weighted by atomic mass is 10.1. The van der Waals surface area contributed by atoms with E-state index in [1.807, 2.05) is 0 Å². The summed E-state index contributed by atoms with van der Waals surface area (Å²) in [5, 5.41) is 0. The second-order valence-electron chi connectivity index (χ2n) is 18.5. The Morgan fingerprint density at radius 1 is 0.299 bits per heavy atom. The molecule has 0 N–H and O–H groups in total. The highest BCUT2D eigenvalue weighted by Crippen LogP contribution is 2.14. The van der Waals surface area contributed by atoms with E-state index >= 15 is 0 Å². The van der Waals surface area contributed by atoms with Crippen molar-refractivity contribution < 1.29 is 28.6 Å². The number of carbonyl (C=O) groups excluding carboxylic acids is 3. The van der Waals surface area contributed by atoms with Gasteiger partial charge in [-0.3, -0.25) is 14.4 Å². The molecule has 0 aliphatic rings. The zero-order valence-electron chi connectivity index (χ0n) is 43.9. The second-order valence-corrected chi connectivity index (χ2v) is 18.5. The Balaban J connectivity index is 4.50. The topological polar surface area (TPSA) is 78.9 Å². The van der Waals surface area contributed by atoms with Crippen LogP contribution in [0.2, 0.25) is 0 Å². The van der Waals surface area contributed by atoms with Gasteiger partial charge < -0.3 is 14.2 Å². The summed E-state index contributed by atoms with van der Waals surface area (Å²) in [5.74, 6) is -0.974. The normalized spacial score (nSPS) is 12.7. The second kappa shape index (κ2) is 55.2. The third kappa shape index (κ3) is 53.4. The van der Waals surface area contributed by atoms with Gasteiger partial charge in [-0.1, -0.05) is 215 Å². The van der Waals surface area contributed by atoms with Gasteiger partial charge in [-0.15, -0.1) is 0 Å². The van der Waals surface area contributed by atoms with Gasteiger partial charge in [0.1, 0.15) is 13.2 Å². The summed E-state index contributed by atoms with van der Waals surface area (Å²) < 4.78 is 16.8. The van der Waals surface area contributed by atoms with E-state index < -0.39 is 6.10 Å². The van der Waals surface area contributed by atoms with Crippen molar-refractivity contribution in [2.24, 2.45) is 0 Å². The number of carbonyl (C=O) groups is 3. The van der Waals surface area contributed by atoms with Crippen LogP contribution in [0.1, 0.15) is 265 Å². The summed E-state index contributed by atoms with van der Waals surface area (Å²) in [4.78, 5) is 38.1. The first-order valence-corrected chi connectivity index (χ1v) is 28.1. The molecule has 0 heterocycles. The van der Waals surface area contributed by atoms with Gasteiger partial charge in [-0.05, 0) is 116 Å². The molecule has 0 aliphatic heterocycles. The maximum atomic E-state index is 12.8. The highest BCUT2D eigenvalue weighted by Gasteiger charge is 2.19. The fraction of sp³-hybridized carbons (Fsp3) is 0.721. The fourth-order valence-corrected chi connectivity index (χ4v) is 7.58. The Bertz CT molecular complexity index is 1300. The number of allylic oxidation sites excluding steroid dienone is 14. The molecule has 6 heteroatoms. The van der Waals surface area contributed by atoms with Crippen molar-refractivity contribution in [1.29, 1.82) is 0 Å². The van der Waals surface area contributed by atoms with Crippen molar-refractivity contribution >= 4 is 17.9 Å². The van der Waals surface area contributed by atoms with Crippen LogP contribution in [0.15, 0.2) is 85.1 Å². The first-order valence-electron chi connectivity index (χ1n) is 28.1. The van der Waals surface area contributed by atoms with Crippen molar-refractivity contribution in [2.45, 2.75) is 271 Å². The molecule has 384 valence electrons. The quantitative estimate of drug-likeness (QED) is 0.0262. The molecule has 0 aromatic heterocycles. The predicted octanol–water partition coefficient (Wildman–Crippen LogP) is 18.8. The Hall–Kier alpha value is -3.41. The molecule has 0 fully saturated rings. The molecule has 0 amide bonds. The molecule has 0 rings (SSSR count). The van der Waals surface area contributed by atoms with E-state index in [0.29, 0.717) is 19.3 Å². The maximum absolute atomic E-state index is 12.8. The molecule has 0 radical (unpaired) electrons. The summed E-state index contributed by atoms with van der Waals surface area (Å²) in [6.45, 7) is 6.53. The molecule has 6 nitrogen and oxygen atoms in total. The van der Waals surface area contributed by atoms with Gasteiger partial charge in [0.05, 0.1) is 0 Å². The van der Waals surface area contributed by atoms with E-state index in [1.54, 1.807) is 0 Å². The van der Waals surface area contributed by atoms with Crippen molar-refractivity contribution in [3.8, 4) is 0 Å². The summed E-state index contributed by atoms with van der Waals surface area (Å²) in [6, 6.07) is 0. The van der Waals surface area contributed by atoms with Crippen LogP contribution >= 0.6 is 0 Å². The predicted molar refractivity (Wildman–Crippen MR) is 288 cm³/mol. The Morgan fingerprint density at radius 3 is 0.940 bits per heavy atom. The number of hydrogen-bond donors (Lipinski definition) is 0. The largest absolute Gasteiger partial charge is 0.462 e. The van der Waals surface area contributed by atoms with Crippen LogP contribution in [0.5, 0.6) is 0 Å². The summed E-state index contributed by atoms with van der Waals surface area (Å²) in [7, 11) is 0. The van der Waals surface area contributed by atoms with Gasteiger partial charge in [-0.2, -0.15) is 0 Å². The first-order chi connectivity index (χ1) is 33.0. The van der Waals surface area contributed by atoms with Crippen molar-refractivity contribution in [2.75, 3.05) is 13.2 Å². The minimum Gasteiger partial charge on any atom is -0.462 e. The van der Waals surface area contributed by atoms with Crippen molar-refractivity contribution in [3.63, 3.8) is 0 Å². The first kappa shape index (κ1) is 63.6. The summed E-state index contributed by atoms with van der Waals surface area (Å²) in [6.07, 6.45) is 71.4. The Kier molecular flexibility index (Phi) is 52.4. The molecule has 0 aromatic rings. The minimum absolute atomic E-state index is 0.103. The van der Waals surface area contributed by atoms with Crippen LogP contribution in [-0.2, 0) is 28.6 Å². The smallest absolute Gasteiger partial charge is 0.306 e. The summed E-state index contributed by atoms with van der Waals surface area (Å²) in [5.41, 5.74) is 0. The standard InChI is InChI=1S/C61H104O6/c1-4-7-10-13-16-19-22-25-28-30-33-36-39-42-45-48-51-54-60(63)66-57-58(56-65-59(62)53-50-47-44-41-38-35-32-27-24-21-18-15-12-9-6-3)67-61(64)55-52-49-46-43-40-37-34-31-29-26-23-20-17-14-11-8-5-2/h16,18-19,21,25-29,32-33,36,42,45,58H,4-15,17,20,22-24,30-31,34-35,37-41,43-44,46-57H2,1-3H3/b19-16+,21-18+,28-25+,29-26+,32-27+,36-33+,45-42+/t58-/m1/s1. The zero-order chi connectivity index (χ0) is 48.6. The number of ether oxygens (including phenoxy) is 3. The lowest BCUT2D eigenvalue weighted by Gasteiger charge is -2.18. The van der Waals surface area contributed by atoms with Crippen LogP contribution < -0.4 is 0 Å². The van der Waals surface area contributed by atoms with Crippen molar-refractivity contribution in [1.82, 2.24) is 0 Å². The van der Waals surface area contributed by atoms with Crippen LogP contribution in [0.25, 0.3) is 0 Å². The van der Waals surface area contributed by atoms with E-state index in [9.17, 15) is 14.4 Å². The number of hydrogen-bond acceptors (Lipinski definition) is 6. The Morgan fingerprint density at radius 2 is 0.552 bits per heavy atom. The van der Waals surface area contributed by atoms with Gasteiger partial charge in [-0.25, -0.2) is 0 Å². The molecule has 0 saturated carbocycles. The van der Waals surface area contributed by atoms with E-state index in [2.05, 4.69) is 106 Å². The van der Waals surface area contributed by atoms with E-state index in [-0.39, 0.29) is 37.5 Å². The molecule has 1 atom stereocenters. The van der Waals surface area contributed by atoms with Crippen LogP contribution in [0, 0.1) is 0 Å². The van der Waals surface area contributed by atoms with E-state index in [4.69, 9.17) is 14.2 Å². The SMILES string of the molecule is CCCCC/C=C/C/C=C/C/C=C/C/C=C/CCCC(=O)OC[C@@H](COC(=O)CCCCCCC/C=C/C/C=C/CCCCC)OC(=O)CCCCCCCCC/C=C/CCCCCCCC. The molecular formula is C61H104O6. The third-order valence-electron chi connectivity index (χ3n) is 11.8. The maximum Gasteiger partial charge on any atom is 0.306 e. The van der Waals surface area contributed by atoms with Crippen molar-refractivity contribution in [3.05, 3.63) is 85.1 Å². The third-order valence-corrected chi connectivity index (χ3v) is 11.8. The number of rotatable bonds is 50. The number of unbranched alkanes of at least 4 members (excludes halogenated alkanes) is 25. The van der Waals surface area contributed by atoms with Gasteiger partial charge in [0.25, 0.3) is 0 Å². The lowest BCUT2D eigenvalue weighted by Crippen LogP contribution is -2.30. The van der Waals surface area contributed by atoms with E-state index in [1.165, 1.54) is 128 Å². The van der Waals surface area contributed by atoms with Gasteiger partial charge in [0.2, 0.25) is 0 Å². The molecule has 0 spiro atoms. The van der Waals surface area contributed by atoms with Gasteiger partial charge >= 0.3 is 17.9 Å². The highest BCUT2D eigenvalue weighted by atomic mass is 16.6. The molecule has 0 saturated heterocycles. The molecule has 0 aliphatic carbocycles. The highest BCUT2D eigenvalue weighted by molar-refractivity contribution is 5.71. The van der Waals surface area contributed by atoms with E-state index in [0.717, 1.165) is 89.9 Å².